The van der Waals surface area contributed by atoms with Crippen LogP contribution in [0.3, 0.4) is 0 Å². The average molecular weight is 411 g/mol. The number of nitrogens with zero attached hydrogens (tertiary/aromatic N) is 1. The lowest BCUT2D eigenvalue weighted by atomic mass is 10.1. The third kappa shape index (κ3) is 7.90. The molecule has 0 saturated carbocycles. The van der Waals surface area contributed by atoms with Crippen LogP contribution in [0.5, 0.6) is 5.75 Å². The third-order valence-electron chi connectivity index (χ3n) is 4.83. The smallest absolute Gasteiger partial charge is 0.242 e. The Balaban J connectivity index is 1.99. The van der Waals surface area contributed by atoms with E-state index in [1.54, 1.807) is 11.8 Å². The zero-order chi connectivity index (χ0) is 21.9. The van der Waals surface area contributed by atoms with E-state index in [2.05, 4.69) is 11.4 Å². The van der Waals surface area contributed by atoms with Gasteiger partial charge in [-0.15, -0.1) is 0 Å². The quantitative estimate of drug-likeness (QED) is 0.561. The lowest BCUT2D eigenvalue weighted by Crippen LogP contribution is -2.48. The number of hydrogen-bond acceptors (Lipinski definition) is 3. The van der Waals surface area contributed by atoms with Gasteiger partial charge in [0.15, 0.2) is 0 Å². The van der Waals surface area contributed by atoms with Crippen molar-refractivity contribution < 1.29 is 14.3 Å². The summed E-state index contributed by atoms with van der Waals surface area (Å²) >= 11 is 0. The van der Waals surface area contributed by atoms with Crippen molar-refractivity contribution in [2.24, 2.45) is 5.92 Å². The molecule has 0 aromatic heterocycles. The van der Waals surface area contributed by atoms with Gasteiger partial charge in [-0.2, -0.15) is 0 Å². The minimum atomic E-state index is -0.535. The maximum absolute atomic E-state index is 13.0. The first-order valence-corrected chi connectivity index (χ1v) is 10.7. The molecule has 5 nitrogen and oxygen atoms in total. The van der Waals surface area contributed by atoms with Crippen molar-refractivity contribution in [2.75, 3.05) is 13.2 Å². The molecule has 0 aliphatic carbocycles. The molecule has 0 bridgehead atoms. The van der Waals surface area contributed by atoms with Crippen LogP contribution in [0.2, 0.25) is 0 Å². The van der Waals surface area contributed by atoms with Crippen LogP contribution in [0.15, 0.2) is 54.6 Å². The molecule has 162 valence electrons. The van der Waals surface area contributed by atoms with Crippen molar-refractivity contribution in [3.8, 4) is 5.75 Å². The van der Waals surface area contributed by atoms with Crippen LogP contribution in [-0.2, 0) is 16.1 Å². The maximum Gasteiger partial charge on any atom is 0.242 e. The van der Waals surface area contributed by atoms with E-state index in [9.17, 15) is 9.59 Å². The zero-order valence-corrected chi connectivity index (χ0v) is 18.6. The van der Waals surface area contributed by atoms with Crippen LogP contribution in [0, 0.1) is 12.8 Å². The number of rotatable bonds is 11. The Morgan fingerprint density at radius 3 is 2.43 bits per heavy atom. The molecule has 2 aromatic rings. The fourth-order valence-corrected chi connectivity index (χ4v) is 3.12. The second kappa shape index (κ2) is 12.0. The average Bonchev–Trinajstić information content (AvgIpc) is 2.73. The Hall–Kier alpha value is -2.82. The van der Waals surface area contributed by atoms with Crippen molar-refractivity contribution in [3.63, 3.8) is 0 Å². The lowest BCUT2D eigenvalue weighted by Gasteiger charge is -2.29. The fraction of sp³-hybridized carbons (Fsp3) is 0.440. The van der Waals surface area contributed by atoms with Gasteiger partial charge in [-0.05, 0) is 43.9 Å². The predicted octanol–water partition coefficient (Wildman–Crippen LogP) is 4.34. The number of hydrogen-bond donors (Lipinski definition) is 1. The molecule has 2 aromatic carbocycles. The number of benzene rings is 2. The molecule has 0 aliphatic heterocycles. The molecule has 0 heterocycles. The summed E-state index contributed by atoms with van der Waals surface area (Å²) in [5.74, 6) is 0.991. The first kappa shape index (κ1) is 23.5. The van der Waals surface area contributed by atoms with Gasteiger partial charge in [0.1, 0.15) is 11.8 Å². The summed E-state index contributed by atoms with van der Waals surface area (Å²) in [6, 6.07) is 17.1. The number of amides is 2. The second-order valence-electron chi connectivity index (χ2n) is 8.09. The molecule has 1 N–H and O–H groups in total. The highest BCUT2D eigenvalue weighted by atomic mass is 16.5. The van der Waals surface area contributed by atoms with Gasteiger partial charge in [0.25, 0.3) is 0 Å². The molecular formula is C25H34N2O3. The largest absolute Gasteiger partial charge is 0.494 e. The predicted molar refractivity (Wildman–Crippen MR) is 120 cm³/mol. The van der Waals surface area contributed by atoms with E-state index in [1.165, 1.54) is 0 Å². The van der Waals surface area contributed by atoms with Gasteiger partial charge < -0.3 is 15.0 Å². The summed E-state index contributed by atoms with van der Waals surface area (Å²) in [5.41, 5.74) is 2.15. The van der Waals surface area contributed by atoms with Crippen molar-refractivity contribution in [2.45, 2.75) is 53.1 Å². The number of ether oxygens (including phenoxy) is 1. The van der Waals surface area contributed by atoms with E-state index >= 15 is 0 Å². The van der Waals surface area contributed by atoms with E-state index in [4.69, 9.17) is 4.74 Å². The number of carbonyl (C=O) groups excluding carboxylic acids is 2. The van der Waals surface area contributed by atoms with E-state index in [-0.39, 0.29) is 11.8 Å². The van der Waals surface area contributed by atoms with Crippen molar-refractivity contribution in [1.29, 1.82) is 0 Å². The molecule has 0 aliphatic rings. The van der Waals surface area contributed by atoms with Gasteiger partial charge in [0, 0.05) is 19.5 Å². The minimum absolute atomic E-state index is 0.0413. The van der Waals surface area contributed by atoms with Gasteiger partial charge in [-0.25, -0.2) is 0 Å². The third-order valence-corrected chi connectivity index (χ3v) is 4.83. The second-order valence-corrected chi connectivity index (χ2v) is 8.09. The summed E-state index contributed by atoms with van der Waals surface area (Å²) in [4.78, 5) is 27.3. The molecule has 0 spiro atoms. The molecule has 5 heteroatoms. The van der Waals surface area contributed by atoms with Gasteiger partial charge in [-0.1, -0.05) is 61.9 Å². The minimum Gasteiger partial charge on any atom is -0.494 e. The van der Waals surface area contributed by atoms with Gasteiger partial charge >= 0.3 is 0 Å². The summed E-state index contributed by atoms with van der Waals surface area (Å²) < 4.78 is 5.69. The number of nitrogens with one attached hydrogen (secondary N) is 1. The van der Waals surface area contributed by atoms with Crippen LogP contribution in [0.1, 0.15) is 44.7 Å². The highest BCUT2D eigenvalue weighted by Gasteiger charge is 2.25. The summed E-state index contributed by atoms with van der Waals surface area (Å²) in [5, 5.41) is 2.95. The van der Waals surface area contributed by atoms with Gasteiger partial charge in [0.05, 0.1) is 6.61 Å². The maximum atomic E-state index is 13.0. The van der Waals surface area contributed by atoms with Crippen LogP contribution in [-0.4, -0.2) is 35.9 Å². The molecular weight excluding hydrogens is 376 g/mol. The standard InChI is InChI=1S/C25H34N2O3/c1-19(2)17-26-25(29)21(4)27(18-22-11-8-10-20(3)16-22)24(28)14-9-15-30-23-12-6-5-7-13-23/h5-8,10-13,16,19,21H,9,14-15,17-18H2,1-4H3,(H,26,29)/t21-/m0/s1. The number of aryl methyl sites for hydroxylation is 1. The Morgan fingerprint density at radius 2 is 1.77 bits per heavy atom. The Bertz CT molecular complexity index is 805. The monoisotopic (exact) mass is 410 g/mol. The van der Waals surface area contributed by atoms with Crippen molar-refractivity contribution >= 4 is 11.8 Å². The van der Waals surface area contributed by atoms with Crippen LogP contribution < -0.4 is 10.1 Å². The van der Waals surface area contributed by atoms with Gasteiger partial charge in [-0.3, -0.25) is 9.59 Å². The van der Waals surface area contributed by atoms with E-state index in [0.717, 1.165) is 16.9 Å². The normalized spacial score (nSPS) is 11.8. The topological polar surface area (TPSA) is 58.6 Å². The highest BCUT2D eigenvalue weighted by Crippen LogP contribution is 2.14. The summed E-state index contributed by atoms with van der Waals surface area (Å²) in [7, 11) is 0. The zero-order valence-electron chi connectivity index (χ0n) is 18.6. The number of carbonyl (C=O) groups is 2. The molecule has 2 rings (SSSR count). The SMILES string of the molecule is Cc1cccc(CN(C(=O)CCCOc2ccccc2)[C@@H](C)C(=O)NCC(C)C)c1. The molecule has 0 saturated heterocycles. The summed E-state index contributed by atoms with van der Waals surface area (Å²) in [6.45, 7) is 9.39. The number of para-hydroxylation sites is 1. The van der Waals surface area contributed by atoms with E-state index in [1.807, 2.05) is 69.3 Å². The van der Waals surface area contributed by atoms with Crippen molar-refractivity contribution in [1.82, 2.24) is 10.2 Å². The summed E-state index contributed by atoms with van der Waals surface area (Å²) in [6.07, 6.45) is 0.929. The first-order chi connectivity index (χ1) is 14.4. The van der Waals surface area contributed by atoms with Gasteiger partial charge in [0.2, 0.25) is 11.8 Å². The molecule has 0 fully saturated rings. The highest BCUT2D eigenvalue weighted by molar-refractivity contribution is 5.87. The van der Waals surface area contributed by atoms with E-state index < -0.39 is 6.04 Å². The Morgan fingerprint density at radius 1 is 1.03 bits per heavy atom. The molecule has 2 amide bonds. The first-order valence-electron chi connectivity index (χ1n) is 10.7. The molecule has 1 atom stereocenters. The Kier molecular flexibility index (Phi) is 9.39. The van der Waals surface area contributed by atoms with Crippen LogP contribution in [0.4, 0.5) is 0 Å². The van der Waals surface area contributed by atoms with Crippen LogP contribution in [0.25, 0.3) is 0 Å². The Labute approximate surface area is 180 Å². The van der Waals surface area contributed by atoms with Crippen molar-refractivity contribution in [3.05, 3.63) is 65.7 Å². The van der Waals surface area contributed by atoms with Crippen LogP contribution >= 0.6 is 0 Å². The molecule has 0 unspecified atom stereocenters. The molecule has 30 heavy (non-hydrogen) atoms. The lowest BCUT2D eigenvalue weighted by molar-refractivity contribution is -0.140. The van der Waals surface area contributed by atoms with E-state index in [0.29, 0.717) is 38.5 Å². The molecule has 0 radical (unpaired) electrons. The fourth-order valence-electron chi connectivity index (χ4n) is 3.12.